The molecule has 2 rings (SSSR count). The highest BCUT2D eigenvalue weighted by atomic mass is 16.2. The largest absolute Gasteiger partial charge is 0.338 e. The monoisotopic (exact) mass is 310 g/mol. The third kappa shape index (κ3) is 4.85. The van der Waals surface area contributed by atoms with Crippen molar-refractivity contribution in [2.75, 3.05) is 11.9 Å². The highest BCUT2D eigenvalue weighted by Gasteiger charge is 2.18. The number of nitrogens with one attached hydrogen (secondary N) is 2. The molecule has 0 unspecified atom stereocenters. The van der Waals surface area contributed by atoms with Gasteiger partial charge in [-0.05, 0) is 41.5 Å². The lowest BCUT2D eigenvalue weighted by Crippen LogP contribution is -2.31. The fourth-order valence-electron chi connectivity index (χ4n) is 2.61. The molecule has 0 saturated heterocycles. The van der Waals surface area contributed by atoms with Crippen molar-refractivity contribution >= 4 is 11.7 Å². The van der Waals surface area contributed by atoms with Gasteiger partial charge in [0.05, 0.1) is 0 Å². The number of carbonyl (C=O) groups is 1. The number of carbonyl (C=O) groups excluding carboxylic acids is 1. The number of hydrogen-bond acceptors (Lipinski definition) is 1. The molecule has 0 saturated carbocycles. The summed E-state index contributed by atoms with van der Waals surface area (Å²) in [5, 5.41) is 5.90. The molecule has 3 nitrogen and oxygen atoms in total. The summed E-state index contributed by atoms with van der Waals surface area (Å²) in [7, 11) is 0. The lowest BCUT2D eigenvalue weighted by Gasteiger charge is -2.23. The van der Waals surface area contributed by atoms with Crippen LogP contribution in [0.25, 0.3) is 0 Å². The Labute approximate surface area is 139 Å². The Balaban J connectivity index is 1.92. The summed E-state index contributed by atoms with van der Waals surface area (Å²) in [6.45, 7) is 9.14. The van der Waals surface area contributed by atoms with Crippen molar-refractivity contribution in [2.45, 2.75) is 39.5 Å². The standard InChI is InChI=1S/C20H26N2O/c1-15-9-5-6-10-16(15)13-14-21-19(23)22-18-12-8-7-11-17(18)20(2,3)4/h5-12H,13-14H2,1-4H3,(H2,21,22,23). The van der Waals surface area contributed by atoms with Gasteiger partial charge in [0.1, 0.15) is 0 Å². The van der Waals surface area contributed by atoms with Crippen LogP contribution in [0.3, 0.4) is 0 Å². The van der Waals surface area contributed by atoms with Gasteiger partial charge in [0.2, 0.25) is 0 Å². The van der Waals surface area contributed by atoms with Crippen LogP contribution in [0.15, 0.2) is 48.5 Å². The average Bonchev–Trinajstić information content (AvgIpc) is 2.49. The number of urea groups is 1. The number of amides is 2. The molecule has 2 aromatic carbocycles. The maximum Gasteiger partial charge on any atom is 0.319 e. The first kappa shape index (κ1) is 17.1. The Kier molecular flexibility index (Phi) is 5.43. The number of aryl methyl sites for hydroxylation is 1. The van der Waals surface area contributed by atoms with E-state index in [2.05, 4.69) is 56.5 Å². The van der Waals surface area contributed by atoms with Gasteiger partial charge in [-0.2, -0.15) is 0 Å². The summed E-state index contributed by atoms with van der Waals surface area (Å²) in [5.74, 6) is 0. The van der Waals surface area contributed by atoms with E-state index < -0.39 is 0 Å². The van der Waals surface area contributed by atoms with Crippen LogP contribution in [-0.4, -0.2) is 12.6 Å². The van der Waals surface area contributed by atoms with Crippen molar-refractivity contribution in [1.82, 2.24) is 5.32 Å². The fraction of sp³-hybridized carbons (Fsp3) is 0.350. The van der Waals surface area contributed by atoms with Gasteiger partial charge in [0.15, 0.2) is 0 Å². The van der Waals surface area contributed by atoms with Gasteiger partial charge in [-0.15, -0.1) is 0 Å². The van der Waals surface area contributed by atoms with Crippen LogP contribution in [-0.2, 0) is 11.8 Å². The molecule has 3 heteroatoms. The molecule has 2 N–H and O–H groups in total. The molecule has 0 heterocycles. The predicted molar refractivity (Wildman–Crippen MR) is 97.0 cm³/mol. The van der Waals surface area contributed by atoms with Crippen molar-refractivity contribution in [1.29, 1.82) is 0 Å². The van der Waals surface area contributed by atoms with Crippen molar-refractivity contribution < 1.29 is 4.79 Å². The summed E-state index contributed by atoms with van der Waals surface area (Å²) < 4.78 is 0. The fourth-order valence-corrected chi connectivity index (χ4v) is 2.61. The van der Waals surface area contributed by atoms with Gasteiger partial charge in [-0.25, -0.2) is 4.79 Å². The van der Waals surface area contributed by atoms with E-state index in [0.29, 0.717) is 6.54 Å². The molecule has 122 valence electrons. The first-order chi connectivity index (χ1) is 10.9. The normalized spacial score (nSPS) is 11.1. The van der Waals surface area contributed by atoms with E-state index in [1.54, 1.807) is 0 Å². The molecule has 0 aromatic heterocycles. The van der Waals surface area contributed by atoms with E-state index in [1.807, 2.05) is 30.3 Å². The highest BCUT2D eigenvalue weighted by molar-refractivity contribution is 5.90. The second-order valence-electron chi connectivity index (χ2n) is 6.85. The summed E-state index contributed by atoms with van der Waals surface area (Å²) in [4.78, 5) is 12.1. The van der Waals surface area contributed by atoms with Gasteiger partial charge in [0.25, 0.3) is 0 Å². The third-order valence-electron chi connectivity index (χ3n) is 3.92. The molecule has 0 aliphatic heterocycles. The van der Waals surface area contributed by atoms with Gasteiger partial charge in [0, 0.05) is 12.2 Å². The van der Waals surface area contributed by atoms with Gasteiger partial charge in [-0.3, -0.25) is 0 Å². The van der Waals surface area contributed by atoms with Crippen LogP contribution in [0.2, 0.25) is 0 Å². The average molecular weight is 310 g/mol. The minimum atomic E-state index is -0.157. The number of para-hydroxylation sites is 1. The Morgan fingerprint density at radius 3 is 2.35 bits per heavy atom. The van der Waals surface area contributed by atoms with Crippen molar-refractivity contribution in [2.24, 2.45) is 0 Å². The highest BCUT2D eigenvalue weighted by Crippen LogP contribution is 2.29. The van der Waals surface area contributed by atoms with Gasteiger partial charge >= 0.3 is 6.03 Å². The molecule has 0 aliphatic rings. The van der Waals surface area contributed by atoms with E-state index in [9.17, 15) is 4.79 Å². The summed E-state index contributed by atoms with van der Waals surface area (Å²) in [5.41, 5.74) is 4.52. The van der Waals surface area contributed by atoms with Crippen molar-refractivity contribution in [3.63, 3.8) is 0 Å². The molecule has 0 spiro atoms. The number of anilines is 1. The summed E-state index contributed by atoms with van der Waals surface area (Å²) in [6.07, 6.45) is 0.834. The molecule has 2 amide bonds. The topological polar surface area (TPSA) is 41.1 Å². The second kappa shape index (κ2) is 7.32. The lowest BCUT2D eigenvalue weighted by molar-refractivity contribution is 0.252. The third-order valence-corrected chi connectivity index (χ3v) is 3.92. The van der Waals surface area contributed by atoms with Crippen LogP contribution in [0, 0.1) is 6.92 Å². The molecule has 0 atom stereocenters. The lowest BCUT2D eigenvalue weighted by atomic mass is 9.86. The van der Waals surface area contributed by atoms with E-state index in [1.165, 1.54) is 11.1 Å². The summed E-state index contributed by atoms with van der Waals surface area (Å²) >= 11 is 0. The SMILES string of the molecule is Cc1ccccc1CCNC(=O)Nc1ccccc1C(C)(C)C. The molecule has 0 fully saturated rings. The van der Waals surface area contributed by atoms with E-state index in [-0.39, 0.29) is 11.4 Å². The molecule has 0 aliphatic carbocycles. The molecule has 0 radical (unpaired) electrons. The Morgan fingerprint density at radius 1 is 1.00 bits per heavy atom. The molecule has 2 aromatic rings. The van der Waals surface area contributed by atoms with Crippen LogP contribution < -0.4 is 10.6 Å². The maximum absolute atomic E-state index is 12.1. The second-order valence-corrected chi connectivity index (χ2v) is 6.85. The Morgan fingerprint density at radius 2 is 1.65 bits per heavy atom. The van der Waals surface area contributed by atoms with Crippen molar-refractivity contribution in [3.8, 4) is 0 Å². The smallest absolute Gasteiger partial charge is 0.319 e. The number of benzene rings is 2. The molecule has 0 bridgehead atoms. The van der Waals surface area contributed by atoms with Crippen LogP contribution >= 0.6 is 0 Å². The van der Waals surface area contributed by atoms with E-state index in [0.717, 1.165) is 17.7 Å². The first-order valence-corrected chi connectivity index (χ1v) is 8.07. The zero-order valence-corrected chi connectivity index (χ0v) is 14.4. The van der Waals surface area contributed by atoms with Crippen LogP contribution in [0.1, 0.15) is 37.5 Å². The predicted octanol–water partition coefficient (Wildman–Crippen LogP) is 4.66. The Hall–Kier alpha value is -2.29. The zero-order chi connectivity index (χ0) is 16.9. The zero-order valence-electron chi connectivity index (χ0n) is 14.4. The van der Waals surface area contributed by atoms with Gasteiger partial charge < -0.3 is 10.6 Å². The maximum atomic E-state index is 12.1. The quantitative estimate of drug-likeness (QED) is 0.847. The van der Waals surface area contributed by atoms with E-state index >= 15 is 0 Å². The van der Waals surface area contributed by atoms with Crippen LogP contribution in [0.4, 0.5) is 10.5 Å². The summed E-state index contributed by atoms with van der Waals surface area (Å²) in [6, 6.07) is 16.0. The van der Waals surface area contributed by atoms with Crippen LogP contribution in [0.5, 0.6) is 0 Å². The minimum Gasteiger partial charge on any atom is -0.338 e. The number of rotatable bonds is 4. The molecular formula is C20H26N2O. The number of hydrogen-bond donors (Lipinski definition) is 2. The van der Waals surface area contributed by atoms with Crippen molar-refractivity contribution in [3.05, 3.63) is 65.2 Å². The van der Waals surface area contributed by atoms with Gasteiger partial charge in [-0.1, -0.05) is 63.2 Å². The minimum absolute atomic E-state index is 0.00890. The first-order valence-electron chi connectivity index (χ1n) is 8.07. The van der Waals surface area contributed by atoms with E-state index in [4.69, 9.17) is 0 Å². The molecular weight excluding hydrogens is 284 g/mol. The molecule has 23 heavy (non-hydrogen) atoms. The Bertz CT molecular complexity index is 671.